The molecule has 1 aromatic rings. The molecule has 0 amide bonds. The Morgan fingerprint density at radius 3 is 2.75 bits per heavy atom. The van der Waals surface area contributed by atoms with Crippen LogP contribution >= 0.6 is 22.9 Å². The maximum atomic E-state index is 6.44. The molecular weight excluding hydrogens is 236 g/mol. The van der Waals surface area contributed by atoms with E-state index in [2.05, 4.69) is 26.0 Å². The van der Waals surface area contributed by atoms with Crippen molar-refractivity contribution in [3.05, 3.63) is 21.9 Å². The summed E-state index contributed by atoms with van der Waals surface area (Å²) < 4.78 is 0. The summed E-state index contributed by atoms with van der Waals surface area (Å²) in [4.78, 5) is 3.03. The molecule has 16 heavy (non-hydrogen) atoms. The van der Waals surface area contributed by atoms with Crippen molar-refractivity contribution in [1.82, 2.24) is 0 Å². The van der Waals surface area contributed by atoms with Crippen LogP contribution in [0, 0.1) is 11.8 Å². The molecule has 1 aliphatic rings. The van der Waals surface area contributed by atoms with Gasteiger partial charge in [0.1, 0.15) is 0 Å². The van der Waals surface area contributed by atoms with Crippen molar-refractivity contribution < 1.29 is 0 Å². The molecule has 2 rings (SSSR count). The maximum absolute atomic E-state index is 6.44. The number of hydrogen-bond acceptors (Lipinski definition) is 1. The van der Waals surface area contributed by atoms with Gasteiger partial charge in [0.15, 0.2) is 0 Å². The molecular formula is C14H21ClS. The molecule has 0 radical (unpaired) electrons. The molecule has 0 aromatic carbocycles. The molecule has 1 aromatic heterocycles. The highest BCUT2D eigenvalue weighted by Crippen LogP contribution is 2.35. The topological polar surface area (TPSA) is 0 Å². The second kappa shape index (κ2) is 5.55. The zero-order valence-electron chi connectivity index (χ0n) is 10.2. The predicted molar refractivity (Wildman–Crippen MR) is 73.5 cm³/mol. The van der Waals surface area contributed by atoms with E-state index >= 15 is 0 Å². The Kier molecular flexibility index (Phi) is 4.32. The van der Waals surface area contributed by atoms with Crippen LogP contribution in [0.4, 0.5) is 0 Å². The van der Waals surface area contributed by atoms with Gasteiger partial charge in [0, 0.05) is 15.1 Å². The Hall–Kier alpha value is -0.0100. The summed E-state index contributed by atoms with van der Waals surface area (Å²) >= 11 is 8.41. The zero-order chi connectivity index (χ0) is 11.5. The largest absolute Gasteiger partial charge is 0.145 e. The minimum atomic E-state index is 0.406. The Balaban J connectivity index is 1.97. The molecule has 1 aliphatic carbocycles. The zero-order valence-corrected chi connectivity index (χ0v) is 11.8. The molecule has 1 fully saturated rings. The van der Waals surface area contributed by atoms with Gasteiger partial charge in [-0.2, -0.15) is 0 Å². The third-order valence-corrected chi connectivity index (χ3v) is 5.51. The predicted octanol–water partition coefficient (Wildman–Crippen LogP) is 4.90. The monoisotopic (exact) mass is 256 g/mol. The van der Waals surface area contributed by atoms with E-state index in [-0.39, 0.29) is 0 Å². The van der Waals surface area contributed by atoms with Gasteiger partial charge in [0.25, 0.3) is 0 Å². The maximum Gasteiger partial charge on any atom is 0.0367 e. The Labute approximate surface area is 108 Å². The summed E-state index contributed by atoms with van der Waals surface area (Å²) in [7, 11) is 0. The standard InChI is InChI=1S/C14H21ClS/c1-3-12-5-6-13(16-12)9-11-8-10(2)4-7-14(11)15/h5-6,10-11,14H,3-4,7-9H2,1-2H3. The van der Waals surface area contributed by atoms with Gasteiger partial charge in [-0.1, -0.05) is 13.8 Å². The first-order valence-electron chi connectivity index (χ1n) is 6.40. The van der Waals surface area contributed by atoms with Crippen LogP contribution in [0.2, 0.25) is 0 Å². The van der Waals surface area contributed by atoms with Crippen molar-refractivity contribution in [1.29, 1.82) is 0 Å². The molecule has 1 heterocycles. The first-order chi connectivity index (χ1) is 7.69. The number of aryl methyl sites for hydroxylation is 1. The van der Waals surface area contributed by atoms with Gasteiger partial charge in [0.05, 0.1) is 0 Å². The first-order valence-corrected chi connectivity index (χ1v) is 7.66. The van der Waals surface area contributed by atoms with E-state index in [0.717, 1.165) is 12.3 Å². The Morgan fingerprint density at radius 2 is 2.06 bits per heavy atom. The second-order valence-corrected chi connectivity index (χ2v) is 6.93. The van der Waals surface area contributed by atoms with E-state index < -0.39 is 0 Å². The average Bonchev–Trinajstić information content (AvgIpc) is 2.71. The van der Waals surface area contributed by atoms with Gasteiger partial charge >= 0.3 is 0 Å². The smallest absolute Gasteiger partial charge is 0.0367 e. The minimum absolute atomic E-state index is 0.406. The van der Waals surface area contributed by atoms with Crippen LogP contribution in [0.5, 0.6) is 0 Å². The van der Waals surface area contributed by atoms with Crippen LogP contribution in [-0.2, 0) is 12.8 Å². The highest BCUT2D eigenvalue weighted by Gasteiger charge is 2.27. The summed E-state index contributed by atoms with van der Waals surface area (Å²) in [5.41, 5.74) is 0. The van der Waals surface area contributed by atoms with Crippen LogP contribution in [-0.4, -0.2) is 5.38 Å². The van der Waals surface area contributed by atoms with E-state index in [0.29, 0.717) is 11.3 Å². The van der Waals surface area contributed by atoms with Gasteiger partial charge < -0.3 is 0 Å². The summed E-state index contributed by atoms with van der Waals surface area (Å²) in [5, 5.41) is 0.406. The molecule has 0 nitrogen and oxygen atoms in total. The van der Waals surface area contributed by atoms with Gasteiger partial charge in [-0.3, -0.25) is 0 Å². The lowest BCUT2D eigenvalue weighted by Gasteiger charge is -2.30. The fraction of sp³-hybridized carbons (Fsp3) is 0.714. The number of hydrogen-bond donors (Lipinski definition) is 0. The third-order valence-electron chi connectivity index (χ3n) is 3.68. The molecule has 90 valence electrons. The first kappa shape index (κ1) is 12.4. The number of halogens is 1. The summed E-state index contributed by atoms with van der Waals surface area (Å²) in [5.74, 6) is 1.57. The van der Waals surface area contributed by atoms with Crippen molar-refractivity contribution in [3.8, 4) is 0 Å². The van der Waals surface area contributed by atoms with Crippen LogP contribution in [0.3, 0.4) is 0 Å². The summed E-state index contributed by atoms with van der Waals surface area (Å²) in [6.07, 6.45) is 6.20. The third kappa shape index (κ3) is 3.01. The van der Waals surface area contributed by atoms with Crippen molar-refractivity contribution >= 4 is 22.9 Å². The Morgan fingerprint density at radius 1 is 1.31 bits per heavy atom. The number of thiophene rings is 1. The molecule has 3 atom stereocenters. The van der Waals surface area contributed by atoms with Gasteiger partial charge in [-0.05, 0) is 56.1 Å². The average molecular weight is 257 g/mol. The molecule has 0 N–H and O–H groups in total. The van der Waals surface area contributed by atoms with Crippen molar-refractivity contribution in [3.63, 3.8) is 0 Å². The van der Waals surface area contributed by atoms with Crippen LogP contribution in [0.25, 0.3) is 0 Å². The molecule has 1 saturated carbocycles. The fourth-order valence-corrected chi connectivity index (χ4v) is 4.02. The minimum Gasteiger partial charge on any atom is -0.145 e. The van der Waals surface area contributed by atoms with E-state index in [4.69, 9.17) is 11.6 Å². The van der Waals surface area contributed by atoms with E-state index in [1.807, 2.05) is 11.3 Å². The number of rotatable bonds is 3. The molecule has 0 bridgehead atoms. The SMILES string of the molecule is CCc1ccc(CC2CC(C)CCC2Cl)s1. The van der Waals surface area contributed by atoms with Crippen molar-refractivity contribution in [2.45, 2.75) is 51.3 Å². The van der Waals surface area contributed by atoms with Crippen LogP contribution < -0.4 is 0 Å². The highest BCUT2D eigenvalue weighted by atomic mass is 35.5. The van der Waals surface area contributed by atoms with Crippen LogP contribution in [0.1, 0.15) is 42.9 Å². The van der Waals surface area contributed by atoms with Crippen molar-refractivity contribution in [2.75, 3.05) is 0 Å². The van der Waals surface area contributed by atoms with E-state index in [1.165, 1.54) is 35.4 Å². The quantitative estimate of drug-likeness (QED) is 0.675. The van der Waals surface area contributed by atoms with Gasteiger partial charge in [-0.15, -0.1) is 22.9 Å². The summed E-state index contributed by atoms with van der Waals surface area (Å²) in [6.45, 7) is 4.59. The molecule has 0 saturated heterocycles. The summed E-state index contributed by atoms with van der Waals surface area (Å²) in [6, 6.07) is 4.57. The molecule has 3 unspecified atom stereocenters. The lowest BCUT2D eigenvalue weighted by molar-refractivity contribution is 0.288. The van der Waals surface area contributed by atoms with Gasteiger partial charge in [0.2, 0.25) is 0 Å². The highest BCUT2D eigenvalue weighted by molar-refractivity contribution is 7.11. The van der Waals surface area contributed by atoms with E-state index in [9.17, 15) is 0 Å². The Bertz CT molecular complexity index is 331. The number of alkyl halides is 1. The normalized spacial score (nSPS) is 30.6. The molecule has 2 heteroatoms. The van der Waals surface area contributed by atoms with Gasteiger partial charge in [-0.25, -0.2) is 0 Å². The lowest BCUT2D eigenvalue weighted by atomic mass is 9.80. The lowest BCUT2D eigenvalue weighted by Crippen LogP contribution is -2.25. The van der Waals surface area contributed by atoms with E-state index in [1.54, 1.807) is 0 Å². The van der Waals surface area contributed by atoms with Crippen LogP contribution in [0.15, 0.2) is 12.1 Å². The second-order valence-electron chi connectivity index (χ2n) is 5.12. The van der Waals surface area contributed by atoms with Crippen molar-refractivity contribution in [2.24, 2.45) is 11.8 Å². The molecule has 0 aliphatic heterocycles. The fourth-order valence-electron chi connectivity index (χ4n) is 2.65. The molecule has 0 spiro atoms.